The highest BCUT2D eigenvalue weighted by atomic mass is 16.5. The number of carbonyl (C=O) groups excluding carboxylic acids is 1. The summed E-state index contributed by atoms with van der Waals surface area (Å²) in [4.78, 5) is 11.4. The number of terminal acetylenes is 1. The Kier molecular flexibility index (Phi) is 4.97. The molecular formula is C13H18O2. The number of hydrogen-bond donors (Lipinski definition) is 0. The van der Waals surface area contributed by atoms with Gasteiger partial charge in [-0.1, -0.05) is 0 Å². The van der Waals surface area contributed by atoms with Crippen molar-refractivity contribution < 1.29 is 9.53 Å². The van der Waals surface area contributed by atoms with Crippen LogP contribution in [0.15, 0.2) is 11.3 Å². The molecule has 1 rings (SSSR count). The molecule has 0 aromatic rings. The number of carbonyl (C=O) groups is 1. The van der Waals surface area contributed by atoms with Gasteiger partial charge in [0, 0.05) is 24.8 Å². The highest BCUT2D eigenvalue weighted by Crippen LogP contribution is 2.22. The molecule has 0 spiro atoms. The van der Waals surface area contributed by atoms with Gasteiger partial charge in [0.2, 0.25) is 0 Å². The summed E-state index contributed by atoms with van der Waals surface area (Å²) in [6.07, 6.45) is 10.4. The molecule has 15 heavy (non-hydrogen) atoms. The van der Waals surface area contributed by atoms with E-state index in [1.54, 1.807) is 0 Å². The summed E-state index contributed by atoms with van der Waals surface area (Å²) in [5, 5.41) is 0. The van der Waals surface area contributed by atoms with Crippen LogP contribution >= 0.6 is 0 Å². The van der Waals surface area contributed by atoms with E-state index in [4.69, 9.17) is 11.2 Å². The molecule has 2 nitrogen and oxygen atoms in total. The van der Waals surface area contributed by atoms with E-state index < -0.39 is 0 Å². The number of ketones is 1. The maximum atomic E-state index is 11.4. The fourth-order valence-corrected chi connectivity index (χ4v) is 1.64. The van der Waals surface area contributed by atoms with E-state index >= 15 is 0 Å². The van der Waals surface area contributed by atoms with Crippen LogP contribution in [-0.4, -0.2) is 12.4 Å². The first-order valence-electron chi connectivity index (χ1n) is 5.55. The molecule has 82 valence electrons. The Labute approximate surface area is 91.7 Å². The minimum atomic E-state index is 0.236. The molecular weight excluding hydrogens is 188 g/mol. The van der Waals surface area contributed by atoms with E-state index in [1.807, 2.05) is 6.92 Å². The third-order valence-corrected chi connectivity index (χ3v) is 2.64. The number of Topliss-reactive ketones (excluding diaryl/α,β-unsaturated/α-hetero) is 1. The summed E-state index contributed by atoms with van der Waals surface area (Å²) in [6, 6.07) is 0. The van der Waals surface area contributed by atoms with Crippen LogP contribution in [0.1, 0.15) is 45.4 Å². The van der Waals surface area contributed by atoms with Crippen LogP contribution in [0.25, 0.3) is 0 Å². The zero-order valence-corrected chi connectivity index (χ0v) is 9.34. The van der Waals surface area contributed by atoms with Crippen LogP contribution in [0.5, 0.6) is 0 Å². The van der Waals surface area contributed by atoms with Gasteiger partial charge < -0.3 is 4.74 Å². The molecule has 0 aromatic carbocycles. The zero-order valence-electron chi connectivity index (χ0n) is 9.34. The lowest BCUT2D eigenvalue weighted by molar-refractivity contribution is -0.116. The SMILES string of the molecule is C#CCCCCOC1=C(C)C(=O)CCC1. The summed E-state index contributed by atoms with van der Waals surface area (Å²) >= 11 is 0. The van der Waals surface area contributed by atoms with Crippen LogP contribution in [0, 0.1) is 12.3 Å². The molecule has 0 heterocycles. The van der Waals surface area contributed by atoms with Crippen LogP contribution in [-0.2, 0) is 9.53 Å². The first kappa shape index (κ1) is 11.8. The van der Waals surface area contributed by atoms with Crippen molar-refractivity contribution in [1.82, 2.24) is 0 Å². The van der Waals surface area contributed by atoms with Crippen molar-refractivity contribution in [3.63, 3.8) is 0 Å². The maximum Gasteiger partial charge on any atom is 0.161 e. The van der Waals surface area contributed by atoms with Crippen LogP contribution in [0.2, 0.25) is 0 Å². The maximum absolute atomic E-state index is 11.4. The molecule has 0 aromatic heterocycles. The van der Waals surface area contributed by atoms with Crippen molar-refractivity contribution in [3.8, 4) is 12.3 Å². The van der Waals surface area contributed by atoms with Gasteiger partial charge in [0.25, 0.3) is 0 Å². The summed E-state index contributed by atoms with van der Waals surface area (Å²) < 4.78 is 5.60. The standard InChI is InChI=1S/C13H18O2/c1-3-4-5-6-10-15-13-9-7-8-12(14)11(13)2/h1H,4-10H2,2H3. The predicted octanol–water partition coefficient (Wildman–Crippen LogP) is 2.83. The second-order valence-corrected chi connectivity index (χ2v) is 3.83. The van der Waals surface area contributed by atoms with Crippen molar-refractivity contribution in [1.29, 1.82) is 0 Å². The number of unbranched alkanes of at least 4 members (excludes halogenated alkanes) is 2. The number of rotatable bonds is 5. The fraction of sp³-hybridized carbons (Fsp3) is 0.615. The molecule has 1 aliphatic carbocycles. The average molecular weight is 206 g/mol. The molecule has 0 radical (unpaired) electrons. The smallest absolute Gasteiger partial charge is 0.161 e. The third kappa shape index (κ3) is 3.79. The number of allylic oxidation sites excluding steroid dienone is 2. The van der Waals surface area contributed by atoms with Crippen molar-refractivity contribution in [3.05, 3.63) is 11.3 Å². The van der Waals surface area contributed by atoms with Crippen LogP contribution < -0.4 is 0 Å². The Morgan fingerprint density at radius 1 is 1.40 bits per heavy atom. The van der Waals surface area contributed by atoms with Gasteiger partial charge in [0.15, 0.2) is 5.78 Å². The summed E-state index contributed by atoms with van der Waals surface area (Å²) in [7, 11) is 0. The minimum absolute atomic E-state index is 0.236. The van der Waals surface area contributed by atoms with E-state index in [2.05, 4.69) is 5.92 Å². The first-order valence-corrected chi connectivity index (χ1v) is 5.55. The van der Waals surface area contributed by atoms with Gasteiger partial charge in [-0.15, -0.1) is 12.3 Å². The molecule has 0 bridgehead atoms. The topological polar surface area (TPSA) is 26.3 Å². The molecule has 0 atom stereocenters. The van der Waals surface area contributed by atoms with E-state index in [0.29, 0.717) is 13.0 Å². The lowest BCUT2D eigenvalue weighted by Gasteiger charge is -2.17. The second kappa shape index (κ2) is 6.29. The number of hydrogen-bond acceptors (Lipinski definition) is 2. The molecule has 2 heteroatoms. The Bertz CT molecular complexity index is 294. The van der Waals surface area contributed by atoms with Crippen molar-refractivity contribution in [2.45, 2.75) is 45.4 Å². The highest BCUT2D eigenvalue weighted by Gasteiger charge is 2.17. The van der Waals surface area contributed by atoms with E-state index in [9.17, 15) is 4.79 Å². The second-order valence-electron chi connectivity index (χ2n) is 3.83. The molecule has 0 amide bonds. The molecule has 0 unspecified atom stereocenters. The molecule has 1 aliphatic rings. The van der Waals surface area contributed by atoms with Gasteiger partial charge in [-0.3, -0.25) is 4.79 Å². The Balaban J connectivity index is 2.29. The largest absolute Gasteiger partial charge is 0.498 e. The number of ether oxygens (including phenoxy) is 1. The summed E-state index contributed by atoms with van der Waals surface area (Å²) in [5.74, 6) is 3.73. The third-order valence-electron chi connectivity index (χ3n) is 2.64. The fourth-order valence-electron chi connectivity index (χ4n) is 1.64. The van der Waals surface area contributed by atoms with Gasteiger partial charge in [-0.25, -0.2) is 0 Å². The molecule has 0 saturated carbocycles. The van der Waals surface area contributed by atoms with Gasteiger partial charge in [-0.2, -0.15) is 0 Å². The Morgan fingerprint density at radius 3 is 2.93 bits per heavy atom. The minimum Gasteiger partial charge on any atom is -0.498 e. The zero-order chi connectivity index (χ0) is 11.1. The lowest BCUT2D eigenvalue weighted by Crippen LogP contribution is -2.11. The van der Waals surface area contributed by atoms with Gasteiger partial charge in [0.1, 0.15) is 5.76 Å². The summed E-state index contributed by atoms with van der Waals surface area (Å²) in [6.45, 7) is 2.54. The predicted molar refractivity (Wildman–Crippen MR) is 60.2 cm³/mol. The Morgan fingerprint density at radius 2 is 2.20 bits per heavy atom. The van der Waals surface area contributed by atoms with E-state index in [0.717, 1.165) is 43.4 Å². The van der Waals surface area contributed by atoms with Crippen molar-refractivity contribution in [2.75, 3.05) is 6.61 Å². The highest BCUT2D eigenvalue weighted by molar-refractivity contribution is 5.95. The average Bonchev–Trinajstić information content (AvgIpc) is 2.24. The molecule has 0 N–H and O–H groups in total. The molecule has 0 fully saturated rings. The van der Waals surface area contributed by atoms with Crippen molar-refractivity contribution >= 4 is 5.78 Å². The van der Waals surface area contributed by atoms with Crippen LogP contribution in [0.4, 0.5) is 0 Å². The van der Waals surface area contributed by atoms with Gasteiger partial charge >= 0.3 is 0 Å². The lowest BCUT2D eigenvalue weighted by atomic mass is 9.98. The first-order chi connectivity index (χ1) is 7.25. The normalized spacial score (nSPS) is 16.4. The Hall–Kier alpha value is -1.23. The quantitative estimate of drug-likeness (QED) is 0.510. The van der Waals surface area contributed by atoms with E-state index in [-0.39, 0.29) is 5.78 Å². The van der Waals surface area contributed by atoms with E-state index in [1.165, 1.54) is 0 Å². The van der Waals surface area contributed by atoms with Crippen LogP contribution in [0.3, 0.4) is 0 Å². The molecule has 0 saturated heterocycles. The van der Waals surface area contributed by atoms with Gasteiger partial charge in [0.05, 0.1) is 6.61 Å². The monoisotopic (exact) mass is 206 g/mol. The van der Waals surface area contributed by atoms with Crippen molar-refractivity contribution in [2.24, 2.45) is 0 Å². The molecule has 0 aliphatic heterocycles. The summed E-state index contributed by atoms with van der Waals surface area (Å²) in [5.41, 5.74) is 0.818. The van der Waals surface area contributed by atoms with Gasteiger partial charge in [-0.05, 0) is 26.2 Å².